The number of aliphatic hydroxyl groups excluding tert-OH is 1. The highest BCUT2D eigenvalue weighted by atomic mass is 35.5. The van der Waals surface area contributed by atoms with Crippen LogP contribution in [0.15, 0.2) is 30.3 Å². The molecule has 1 heterocycles. The molecule has 0 aromatic heterocycles. The Morgan fingerprint density at radius 3 is 2.38 bits per heavy atom. The summed E-state index contributed by atoms with van der Waals surface area (Å²) in [6.45, 7) is 4.71. The fourth-order valence-electron chi connectivity index (χ4n) is 2.78. The lowest BCUT2D eigenvalue weighted by atomic mass is 10.1. The largest absolute Gasteiger partial charge is 0.387 e. The Balaban J connectivity index is 0.00000264. The summed E-state index contributed by atoms with van der Waals surface area (Å²) in [6, 6.07) is 9.74. The van der Waals surface area contributed by atoms with E-state index in [0.29, 0.717) is 13.0 Å². The molecule has 0 radical (unpaired) electrons. The molecule has 0 aliphatic carbocycles. The SMILES string of the molecule is CNCCCC(=O)N1CCN(CC(O)c2ccccc2)CC1.Cl.Cl. The number of benzene rings is 1. The molecule has 1 fully saturated rings. The average Bonchev–Trinajstić information content (AvgIpc) is 2.56. The molecule has 0 saturated carbocycles. The summed E-state index contributed by atoms with van der Waals surface area (Å²) < 4.78 is 0. The van der Waals surface area contributed by atoms with Gasteiger partial charge in [0.2, 0.25) is 5.91 Å². The maximum Gasteiger partial charge on any atom is 0.222 e. The maximum atomic E-state index is 12.1. The highest BCUT2D eigenvalue weighted by Gasteiger charge is 2.22. The van der Waals surface area contributed by atoms with Crippen LogP contribution < -0.4 is 5.32 Å². The Hall–Kier alpha value is -0.850. The number of nitrogens with one attached hydrogen (secondary N) is 1. The van der Waals surface area contributed by atoms with Crippen molar-refractivity contribution < 1.29 is 9.90 Å². The van der Waals surface area contributed by atoms with Crippen molar-refractivity contribution in [3.63, 3.8) is 0 Å². The van der Waals surface area contributed by atoms with Gasteiger partial charge in [-0.1, -0.05) is 30.3 Å². The minimum Gasteiger partial charge on any atom is -0.387 e. The molecular formula is C17H29Cl2N3O2. The molecule has 24 heavy (non-hydrogen) atoms. The fourth-order valence-corrected chi connectivity index (χ4v) is 2.78. The summed E-state index contributed by atoms with van der Waals surface area (Å²) in [4.78, 5) is 16.2. The lowest BCUT2D eigenvalue weighted by Crippen LogP contribution is -2.49. The summed E-state index contributed by atoms with van der Waals surface area (Å²) >= 11 is 0. The Labute approximate surface area is 157 Å². The smallest absolute Gasteiger partial charge is 0.222 e. The van der Waals surface area contributed by atoms with Gasteiger partial charge in [-0.3, -0.25) is 9.69 Å². The van der Waals surface area contributed by atoms with Crippen LogP contribution in [0.2, 0.25) is 0 Å². The minimum atomic E-state index is -0.459. The van der Waals surface area contributed by atoms with Crippen molar-refractivity contribution >= 4 is 30.7 Å². The number of amides is 1. The number of nitrogens with zero attached hydrogens (tertiary/aromatic N) is 2. The van der Waals surface area contributed by atoms with E-state index in [0.717, 1.165) is 44.7 Å². The lowest BCUT2D eigenvalue weighted by molar-refractivity contribution is -0.133. The number of piperazine rings is 1. The van der Waals surface area contributed by atoms with Crippen LogP contribution in [0, 0.1) is 0 Å². The van der Waals surface area contributed by atoms with Crippen molar-refractivity contribution in [1.82, 2.24) is 15.1 Å². The van der Waals surface area contributed by atoms with Crippen LogP contribution >= 0.6 is 24.8 Å². The molecule has 0 bridgehead atoms. The van der Waals surface area contributed by atoms with Crippen molar-refractivity contribution in [1.29, 1.82) is 0 Å². The van der Waals surface area contributed by atoms with E-state index in [1.807, 2.05) is 42.3 Å². The van der Waals surface area contributed by atoms with Crippen LogP contribution in [0.5, 0.6) is 0 Å². The molecule has 1 aromatic rings. The van der Waals surface area contributed by atoms with Crippen LogP contribution in [0.1, 0.15) is 24.5 Å². The number of hydrogen-bond acceptors (Lipinski definition) is 4. The van der Waals surface area contributed by atoms with E-state index in [1.165, 1.54) is 0 Å². The second kappa shape index (κ2) is 12.5. The summed E-state index contributed by atoms with van der Waals surface area (Å²) in [5, 5.41) is 13.3. The lowest BCUT2D eigenvalue weighted by Gasteiger charge is -2.35. The molecule has 2 rings (SSSR count). The molecular weight excluding hydrogens is 349 g/mol. The molecule has 1 atom stereocenters. The highest BCUT2D eigenvalue weighted by molar-refractivity contribution is 5.85. The highest BCUT2D eigenvalue weighted by Crippen LogP contribution is 2.15. The van der Waals surface area contributed by atoms with Crippen LogP contribution in [0.25, 0.3) is 0 Å². The summed E-state index contributed by atoms with van der Waals surface area (Å²) in [6.07, 6.45) is 1.05. The van der Waals surface area contributed by atoms with Crippen LogP contribution in [0.3, 0.4) is 0 Å². The van der Waals surface area contributed by atoms with Gasteiger partial charge in [0.25, 0.3) is 0 Å². The van der Waals surface area contributed by atoms with Crippen LogP contribution in [0.4, 0.5) is 0 Å². The molecule has 1 aromatic carbocycles. The Bertz CT molecular complexity index is 454. The topological polar surface area (TPSA) is 55.8 Å². The third-order valence-corrected chi connectivity index (χ3v) is 4.16. The molecule has 1 saturated heterocycles. The van der Waals surface area contributed by atoms with Gasteiger partial charge in [0, 0.05) is 39.1 Å². The van der Waals surface area contributed by atoms with E-state index in [2.05, 4.69) is 10.2 Å². The molecule has 5 nitrogen and oxygen atoms in total. The number of carbonyl (C=O) groups excluding carboxylic acids is 1. The molecule has 1 aliphatic rings. The Morgan fingerprint density at radius 2 is 1.79 bits per heavy atom. The molecule has 1 unspecified atom stereocenters. The van der Waals surface area contributed by atoms with Crippen molar-refractivity contribution in [2.45, 2.75) is 18.9 Å². The quantitative estimate of drug-likeness (QED) is 0.710. The van der Waals surface area contributed by atoms with E-state index in [-0.39, 0.29) is 30.7 Å². The van der Waals surface area contributed by atoms with Gasteiger partial charge in [0.1, 0.15) is 0 Å². The molecule has 7 heteroatoms. The van der Waals surface area contributed by atoms with Gasteiger partial charge in [-0.15, -0.1) is 24.8 Å². The molecule has 1 amide bonds. The van der Waals surface area contributed by atoms with Gasteiger partial charge in [-0.25, -0.2) is 0 Å². The van der Waals surface area contributed by atoms with Crippen molar-refractivity contribution in [2.24, 2.45) is 0 Å². The second-order valence-electron chi connectivity index (χ2n) is 5.81. The first-order chi connectivity index (χ1) is 10.7. The number of aliphatic hydroxyl groups is 1. The number of rotatable bonds is 7. The van der Waals surface area contributed by atoms with E-state index >= 15 is 0 Å². The first-order valence-electron chi connectivity index (χ1n) is 8.08. The Morgan fingerprint density at radius 1 is 1.17 bits per heavy atom. The Kier molecular flexibility index (Phi) is 12.1. The van der Waals surface area contributed by atoms with Crippen molar-refractivity contribution in [3.05, 3.63) is 35.9 Å². The average molecular weight is 378 g/mol. The van der Waals surface area contributed by atoms with Crippen molar-refractivity contribution in [2.75, 3.05) is 46.3 Å². The van der Waals surface area contributed by atoms with Gasteiger partial charge >= 0.3 is 0 Å². The summed E-state index contributed by atoms with van der Waals surface area (Å²) in [5.74, 6) is 0.249. The van der Waals surface area contributed by atoms with Gasteiger partial charge in [-0.2, -0.15) is 0 Å². The first-order valence-corrected chi connectivity index (χ1v) is 8.08. The van der Waals surface area contributed by atoms with Gasteiger partial charge in [0.05, 0.1) is 6.10 Å². The number of hydrogen-bond donors (Lipinski definition) is 2. The number of carbonyl (C=O) groups is 1. The second-order valence-corrected chi connectivity index (χ2v) is 5.81. The van der Waals surface area contributed by atoms with E-state index in [1.54, 1.807) is 0 Å². The summed E-state index contributed by atoms with van der Waals surface area (Å²) in [5.41, 5.74) is 0.952. The third kappa shape index (κ3) is 7.36. The molecule has 138 valence electrons. The zero-order valence-corrected chi connectivity index (χ0v) is 15.8. The normalized spacial score (nSPS) is 16.0. The predicted octanol–water partition coefficient (Wildman–Crippen LogP) is 1.71. The number of halogens is 2. The maximum absolute atomic E-state index is 12.1. The van der Waals surface area contributed by atoms with Crippen molar-refractivity contribution in [3.8, 4) is 0 Å². The van der Waals surface area contributed by atoms with E-state index in [9.17, 15) is 9.90 Å². The number of β-amino-alcohol motifs (C(OH)–C–C–N with tert-alkyl or cyclic N) is 1. The van der Waals surface area contributed by atoms with E-state index < -0.39 is 6.10 Å². The fraction of sp³-hybridized carbons (Fsp3) is 0.588. The monoisotopic (exact) mass is 377 g/mol. The van der Waals surface area contributed by atoms with Gasteiger partial charge in [0.15, 0.2) is 0 Å². The zero-order valence-electron chi connectivity index (χ0n) is 14.2. The van der Waals surface area contributed by atoms with E-state index in [4.69, 9.17) is 0 Å². The van der Waals surface area contributed by atoms with Crippen LogP contribution in [-0.4, -0.2) is 67.1 Å². The molecule has 1 aliphatic heterocycles. The first kappa shape index (κ1) is 23.1. The third-order valence-electron chi connectivity index (χ3n) is 4.16. The zero-order chi connectivity index (χ0) is 15.8. The van der Waals surface area contributed by atoms with Crippen LogP contribution in [-0.2, 0) is 4.79 Å². The summed E-state index contributed by atoms with van der Waals surface area (Å²) in [7, 11) is 1.90. The molecule has 0 spiro atoms. The van der Waals surface area contributed by atoms with Gasteiger partial charge in [-0.05, 0) is 25.6 Å². The van der Waals surface area contributed by atoms with Gasteiger partial charge < -0.3 is 15.3 Å². The standard InChI is InChI=1S/C17H27N3O2.2ClH/c1-18-9-5-8-17(22)20-12-10-19(11-13-20)14-16(21)15-6-3-2-4-7-15;;/h2-4,6-7,16,18,21H,5,8-14H2,1H3;2*1H. The molecule has 2 N–H and O–H groups in total. The minimum absolute atomic E-state index is 0. The predicted molar refractivity (Wildman–Crippen MR) is 102 cm³/mol.